The summed E-state index contributed by atoms with van der Waals surface area (Å²) in [5, 5.41) is 5.19. The van der Waals surface area contributed by atoms with Gasteiger partial charge in [-0.1, -0.05) is 24.3 Å². The van der Waals surface area contributed by atoms with Crippen LogP contribution < -0.4 is 14.9 Å². The Morgan fingerprint density at radius 1 is 1.21 bits per heavy atom. The average molecular weight is 419 g/mol. The number of carbonyl (C=O) groups is 2. The third-order valence-corrected chi connectivity index (χ3v) is 5.23. The first-order valence-corrected chi connectivity index (χ1v) is 10.5. The zero-order valence-electron chi connectivity index (χ0n) is 16.1. The SMILES string of the molecule is C=CCNC(=O)c1ccccc1NC(=O)C(C)N(c1cccc(F)c1)S(C)(=O)=O. The summed E-state index contributed by atoms with van der Waals surface area (Å²) < 4.78 is 39.0. The van der Waals surface area contributed by atoms with Crippen LogP contribution in [0.2, 0.25) is 0 Å². The first-order valence-electron chi connectivity index (χ1n) is 8.69. The van der Waals surface area contributed by atoms with Crippen LogP contribution in [-0.2, 0) is 14.8 Å². The quantitative estimate of drug-likeness (QED) is 0.643. The van der Waals surface area contributed by atoms with Gasteiger partial charge in [0.1, 0.15) is 11.9 Å². The minimum atomic E-state index is -3.89. The van der Waals surface area contributed by atoms with Crippen molar-refractivity contribution in [2.75, 3.05) is 22.4 Å². The van der Waals surface area contributed by atoms with E-state index in [2.05, 4.69) is 17.2 Å². The van der Waals surface area contributed by atoms with Gasteiger partial charge < -0.3 is 10.6 Å². The van der Waals surface area contributed by atoms with E-state index in [1.165, 1.54) is 43.3 Å². The van der Waals surface area contributed by atoms with Crippen molar-refractivity contribution in [3.05, 3.63) is 72.6 Å². The van der Waals surface area contributed by atoms with E-state index in [-0.39, 0.29) is 23.5 Å². The van der Waals surface area contributed by atoms with Gasteiger partial charge in [-0.05, 0) is 37.3 Å². The molecule has 0 fully saturated rings. The lowest BCUT2D eigenvalue weighted by Gasteiger charge is -2.28. The van der Waals surface area contributed by atoms with E-state index in [9.17, 15) is 22.4 Å². The third-order valence-electron chi connectivity index (χ3n) is 3.99. The lowest BCUT2D eigenvalue weighted by atomic mass is 10.1. The maximum Gasteiger partial charge on any atom is 0.253 e. The summed E-state index contributed by atoms with van der Waals surface area (Å²) in [5.74, 6) is -1.73. The third kappa shape index (κ3) is 5.64. The second-order valence-corrected chi connectivity index (χ2v) is 8.11. The Morgan fingerprint density at radius 3 is 2.52 bits per heavy atom. The van der Waals surface area contributed by atoms with Crippen LogP contribution in [0.3, 0.4) is 0 Å². The predicted octanol–water partition coefficient (Wildman–Crippen LogP) is 2.53. The van der Waals surface area contributed by atoms with E-state index in [0.717, 1.165) is 16.6 Å². The lowest BCUT2D eigenvalue weighted by Crippen LogP contribution is -2.45. The summed E-state index contributed by atoms with van der Waals surface area (Å²) in [4.78, 5) is 25.1. The summed E-state index contributed by atoms with van der Waals surface area (Å²) in [6.07, 6.45) is 2.45. The number of hydrogen-bond donors (Lipinski definition) is 2. The number of benzene rings is 2. The summed E-state index contributed by atoms with van der Waals surface area (Å²) in [7, 11) is -3.89. The van der Waals surface area contributed by atoms with Gasteiger partial charge in [-0.25, -0.2) is 12.8 Å². The fraction of sp³-hybridized carbons (Fsp3) is 0.200. The molecule has 0 saturated heterocycles. The van der Waals surface area contributed by atoms with Crippen LogP contribution in [0.25, 0.3) is 0 Å². The number of halogens is 1. The van der Waals surface area contributed by atoms with Crippen molar-refractivity contribution in [3.8, 4) is 0 Å². The molecule has 2 aromatic carbocycles. The summed E-state index contributed by atoms with van der Waals surface area (Å²) >= 11 is 0. The van der Waals surface area contributed by atoms with Crippen LogP contribution in [-0.4, -0.2) is 39.1 Å². The van der Waals surface area contributed by atoms with Crippen LogP contribution in [0.1, 0.15) is 17.3 Å². The molecule has 9 heteroatoms. The fourth-order valence-corrected chi connectivity index (χ4v) is 3.88. The van der Waals surface area contributed by atoms with Gasteiger partial charge in [-0.2, -0.15) is 0 Å². The van der Waals surface area contributed by atoms with E-state index >= 15 is 0 Å². The molecule has 0 bridgehead atoms. The first-order chi connectivity index (χ1) is 13.6. The van der Waals surface area contributed by atoms with Crippen LogP contribution in [0.4, 0.5) is 15.8 Å². The average Bonchev–Trinajstić information content (AvgIpc) is 2.65. The van der Waals surface area contributed by atoms with Crippen molar-refractivity contribution in [1.82, 2.24) is 5.32 Å². The van der Waals surface area contributed by atoms with Gasteiger partial charge in [0, 0.05) is 6.54 Å². The van der Waals surface area contributed by atoms with E-state index in [4.69, 9.17) is 0 Å². The summed E-state index contributed by atoms with van der Waals surface area (Å²) in [6.45, 7) is 5.15. The molecule has 0 aliphatic heterocycles. The molecule has 7 nitrogen and oxygen atoms in total. The Kier molecular flexibility index (Phi) is 7.11. The molecule has 0 radical (unpaired) electrons. The first kappa shape index (κ1) is 22.1. The van der Waals surface area contributed by atoms with Gasteiger partial charge >= 0.3 is 0 Å². The molecule has 0 aliphatic rings. The number of sulfonamides is 1. The molecule has 29 heavy (non-hydrogen) atoms. The molecule has 0 heterocycles. The molecule has 1 atom stereocenters. The second kappa shape index (κ2) is 9.33. The molecule has 0 saturated carbocycles. The van der Waals surface area contributed by atoms with Gasteiger partial charge in [-0.3, -0.25) is 13.9 Å². The number of rotatable bonds is 8. The van der Waals surface area contributed by atoms with Crippen LogP contribution >= 0.6 is 0 Å². The van der Waals surface area contributed by atoms with Crippen molar-refractivity contribution in [2.45, 2.75) is 13.0 Å². The van der Waals surface area contributed by atoms with Gasteiger partial charge in [0.2, 0.25) is 15.9 Å². The summed E-state index contributed by atoms with van der Waals surface area (Å²) in [5.41, 5.74) is 0.456. The number of amides is 2. The minimum Gasteiger partial charge on any atom is -0.349 e. The molecule has 154 valence electrons. The molecule has 2 N–H and O–H groups in total. The number of nitrogens with zero attached hydrogens (tertiary/aromatic N) is 1. The Balaban J connectivity index is 2.32. The molecule has 2 rings (SSSR count). The Labute approximate surface area is 169 Å². The zero-order valence-corrected chi connectivity index (χ0v) is 16.9. The molecule has 2 aromatic rings. The highest BCUT2D eigenvalue weighted by atomic mass is 32.2. The monoisotopic (exact) mass is 419 g/mol. The maximum atomic E-state index is 13.6. The van der Waals surface area contributed by atoms with Crippen molar-refractivity contribution in [3.63, 3.8) is 0 Å². The van der Waals surface area contributed by atoms with E-state index in [1.807, 2.05) is 0 Å². The largest absolute Gasteiger partial charge is 0.349 e. The van der Waals surface area contributed by atoms with Crippen molar-refractivity contribution in [2.24, 2.45) is 0 Å². The van der Waals surface area contributed by atoms with Gasteiger partial charge in [0.15, 0.2) is 0 Å². The molecule has 2 amide bonds. The predicted molar refractivity (Wildman–Crippen MR) is 111 cm³/mol. The van der Waals surface area contributed by atoms with Crippen molar-refractivity contribution < 1.29 is 22.4 Å². The van der Waals surface area contributed by atoms with E-state index in [1.54, 1.807) is 12.1 Å². The highest BCUT2D eigenvalue weighted by molar-refractivity contribution is 7.92. The number of anilines is 2. The standard InChI is InChI=1S/C20H22FN3O4S/c1-4-12-22-20(26)17-10-5-6-11-18(17)23-19(25)14(2)24(29(3,27)28)16-9-7-8-15(21)13-16/h4-11,13-14H,1,12H2,2-3H3,(H,22,26)(H,23,25). The molecule has 0 aliphatic carbocycles. The number of para-hydroxylation sites is 1. The highest BCUT2D eigenvalue weighted by Crippen LogP contribution is 2.23. The molecule has 0 spiro atoms. The molecular weight excluding hydrogens is 397 g/mol. The van der Waals surface area contributed by atoms with Gasteiger partial charge in [0.05, 0.1) is 23.2 Å². The smallest absolute Gasteiger partial charge is 0.253 e. The van der Waals surface area contributed by atoms with Crippen molar-refractivity contribution in [1.29, 1.82) is 0 Å². The Bertz CT molecular complexity index is 1020. The fourth-order valence-electron chi connectivity index (χ4n) is 2.71. The van der Waals surface area contributed by atoms with Crippen molar-refractivity contribution >= 4 is 33.2 Å². The van der Waals surface area contributed by atoms with Gasteiger partial charge in [-0.15, -0.1) is 6.58 Å². The number of hydrogen-bond acceptors (Lipinski definition) is 4. The highest BCUT2D eigenvalue weighted by Gasteiger charge is 2.30. The zero-order chi connectivity index (χ0) is 21.6. The van der Waals surface area contributed by atoms with Crippen LogP contribution in [0, 0.1) is 5.82 Å². The molecule has 0 aromatic heterocycles. The lowest BCUT2D eigenvalue weighted by molar-refractivity contribution is -0.116. The summed E-state index contributed by atoms with van der Waals surface area (Å²) in [6, 6.07) is 10.1. The normalized spacial score (nSPS) is 12.0. The minimum absolute atomic E-state index is 0.0205. The Hall–Kier alpha value is -3.20. The molecule has 1 unspecified atom stereocenters. The second-order valence-electron chi connectivity index (χ2n) is 6.25. The molecular formula is C20H22FN3O4S. The maximum absolute atomic E-state index is 13.6. The topological polar surface area (TPSA) is 95.6 Å². The van der Waals surface area contributed by atoms with E-state index < -0.39 is 33.7 Å². The van der Waals surface area contributed by atoms with Crippen LogP contribution in [0.5, 0.6) is 0 Å². The number of carbonyl (C=O) groups excluding carboxylic acids is 2. The van der Waals surface area contributed by atoms with Crippen LogP contribution in [0.15, 0.2) is 61.2 Å². The van der Waals surface area contributed by atoms with E-state index in [0.29, 0.717) is 0 Å². The Morgan fingerprint density at radius 2 is 1.90 bits per heavy atom. The van der Waals surface area contributed by atoms with Gasteiger partial charge in [0.25, 0.3) is 5.91 Å². The number of nitrogens with one attached hydrogen (secondary N) is 2.